The van der Waals surface area contributed by atoms with Gasteiger partial charge in [-0.2, -0.15) is 0 Å². The smallest absolute Gasteiger partial charge is 0.237 e. The van der Waals surface area contributed by atoms with Crippen LogP contribution in [0.3, 0.4) is 0 Å². The van der Waals surface area contributed by atoms with Gasteiger partial charge in [0.05, 0.1) is 28.5 Å². The van der Waals surface area contributed by atoms with E-state index >= 15 is 0 Å². The number of benzene rings is 1. The maximum Gasteiger partial charge on any atom is 0.237 e. The van der Waals surface area contributed by atoms with E-state index in [1.807, 2.05) is 0 Å². The number of carbonyl (C=O) groups excluding carboxylic acids is 1. The molecule has 0 spiro atoms. The molecule has 0 fully saturated rings. The molecule has 1 aromatic carbocycles. The topological polar surface area (TPSA) is 55.4 Å². The van der Waals surface area contributed by atoms with Gasteiger partial charge in [0.2, 0.25) is 5.91 Å². The van der Waals surface area contributed by atoms with Gasteiger partial charge in [-0.15, -0.1) is 0 Å². The van der Waals surface area contributed by atoms with Crippen molar-refractivity contribution in [3.63, 3.8) is 0 Å². The molecule has 5 heteroatoms. The number of anilines is 1. The average molecular weight is 211 g/mol. The molecule has 1 heterocycles. The third kappa shape index (κ3) is 1.39. The van der Waals surface area contributed by atoms with Crippen LogP contribution in [0, 0.1) is 0 Å². The summed E-state index contributed by atoms with van der Waals surface area (Å²) in [5.74, 6) is 0.337. The van der Waals surface area contributed by atoms with E-state index < -0.39 is 10.8 Å². The maximum atomic E-state index is 11.6. The molecule has 0 aliphatic carbocycles. The van der Waals surface area contributed by atoms with Crippen molar-refractivity contribution >= 4 is 22.4 Å². The van der Waals surface area contributed by atoms with Crippen LogP contribution in [0.4, 0.5) is 5.69 Å². The number of nitrogens with one attached hydrogen (secondary N) is 1. The molecule has 1 N–H and O–H groups in total. The number of methoxy groups -OCH3 is 1. The van der Waals surface area contributed by atoms with Crippen LogP contribution in [-0.2, 0) is 15.6 Å². The van der Waals surface area contributed by atoms with Gasteiger partial charge in [0.15, 0.2) is 0 Å². The predicted molar refractivity (Wildman–Crippen MR) is 52.9 cm³/mol. The maximum absolute atomic E-state index is 11.6. The average Bonchev–Trinajstić information content (AvgIpc) is 2.17. The minimum Gasteiger partial charge on any atom is -0.495 e. The van der Waals surface area contributed by atoms with Gasteiger partial charge in [0.25, 0.3) is 0 Å². The Kier molecular flexibility index (Phi) is 2.25. The number of amides is 1. The Balaban J connectivity index is 2.58. The number of para-hydroxylation sites is 1. The van der Waals surface area contributed by atoms with Gasteiger partial charge in [-0.25, -0.2) is 0 Å². The first kappa shape index (κ1) is 9.21. The molecule has 4 nitrogen and oxygen atoms in total. The fourth-order valence-corrected chi connectivity index (χ4v) is 2.44. The van der Waals surface area contributed by atoms with Crippen molar-refractivity contribution < 1.29 is 13.7 Å². The standard InChI is InChI=1S/C9H9NO3S/c1-13-6-3-2-4-7-9(6)10-8(11)5-14(7)12/h2-4H,5H2,1H3,(H,10,11). The van der Waals surface area contributed by atoms with Crippen LogP contribution in [-0.4, -0.2) is 23.0 Å². The van der Waals surface area contributed by atoms with E-state index in [1.165, 1.54) is 7.11 Å². The van der Waals surface area contributed by atoms with Crippen molar-refractivity contribution in [1.82, 2.24) is 0 Å². The van der Waals surface area contributed by atoms with Crippen LogP contribution in [0.2, 0.25) is 0 Å². The molecular formula is C9H9NO3S. The molecular weight excluding hydrogens is 202 g/mol. The first-order chi connectivity index (χ1) is 6.72. The fourth-order valence-electron chi connectivity index (χ4n) is 1.37. The predicted octanol–water partition coefficient (Wildman–Crippen LogP) is 0.755. The van der Waals surface area contributed by atoms with E-state index in [2.05, 4.69) is 5.32 Å². The van der Waals surface area contributed by atoms with Gasteiger partial charge in [0.1, 0.15) is 11.5 Å². The summed E-state index contributed by atoms with van der Waals surface area (Å²) < 4.78 is 16.6. The van der Waals surface area contributed by atoms with Crippen LogP contribution in [0.5, 0.6) is 5.75 Å². The summed E-state index contributed by atoms with van der Waals surface area (Å²) >= 11 is 0. The van der Waals surface area contributed by atoms with E-state index in [9.17, 15) is 9.00 Å². The number of ether oxygens (including phenoxy) is 1. The molecule has 2 rings (SSSR count). The first-order valence-corrected chi connectivity index (χ1v) is 5.39. The Morgan fingerprint density at radius 1 is 1.50 bits per heavy atom. The number of hydrogen-bond acceptors (Lipinski definition) is 3. The molecule has 1 unspecified atom stereocenters. The van der Waals surface area contributed by atoms with Crippen LogP contribution in [0.1, 0.15) is 0 Å². The zero-order chi connectivity index (χ0) is 10.1. The fraction of sp³-hybridized carbons (Fsp3) is 0.222. The third-order valence-electron chi connectivity index (χ3n) is 1.98. The van der Waals surface area contributed by atoms with Crippen LogP contribution in [0.15, 0.2) is 23.1 Å². The summed E-state index contributed by atoms with van der Waals surface area (Å²) in [5, 5.41) is 2.65. The Morgan fingerprint density at radius 2 is 2.29 bits per heavy atom. The molecule has 0 saturated carbocycles. The summed E-state index contributed by atoms with van der Waals surface area (Å²) in [6.45, 7) is 0. The van der Waals surface area contributed by atoms with Gasteiger partial charge >= 0.3 is 0 Å². The number of rotatable bonds is 1. The highest BCUT2D eigenvalue weighted by Crippen LogP contribution is 2.32. The summed E-state index contributed by atoms with van der Waals surface area (Å²) in [7, 11) is 0.264. The Morgan fingerprint density at radius 3 is 3.00 bits per heavy atom. The van der Waals surface area contributed by atoms with E-state index in [1.54, 1.807) is 18.2 Å². The zero-order valence-electron chi connectivity index (χ0n) is 7.57. The normalized spacial score (nSPS) is 19.8. The molecule has 1 aliphatic rings. The van der Waals surface area contributed by atoms with Gasteiger partial charge in [0, 0.05) is 0 Å². The van der Waals surface area contributed by atoms with E-state index in [4.69, 9.17) is 4.74 Å². The molecule has 0 saturated heterocycles. The van der Waals surface area contributed by atoms with E-state index in [-0.39, 0.29) is 11.7 Å². The minimum atomic E-state index is -1.25. The highest BCUT2D eigenvalue weighted by molar-refractivity contribution is 7.86. The Bertz CT molecular complexity index is 417. The largest absolute Gasteiger partial charge is 0.495 e. The first-order valence-electron chi connectivity index (χ1n) is 4.07. The molecule has 0 bridgehead atoms. The molecule has 14 heavy (non-hydrogen) atoms. The quantitative estimate of drug-likeness (QED) is 0.746. The Hall–Kier alpha value is -1.36. The molecule has 0 radical (unpaired) electrons. The second-order valence-electron chi connectivity index (χ2n) is 2.87. The highest BCUT2D eigenvalue weighted by Gasteiger charge is 2.23. The minimum absolute atomic E-state index is 0.0279. The summed E-state index contributed by atoms with van der Waals surface area (Å²) in [6, 6.07) is 5.21. The lowest BCUT2D eigenvalue weighted by molar-refractivity contribution is -0.114. The third-order valence-corrected chi connectivity index (χ3v) is 3.33. The summed E-state index contributed by atoms with van der Waals surface area (Å²) in [4.78, 5) is 11.8. The summed E-state index contributed by atoms with van der Waals surface area (Å²) in [5.41, 5.74) is 0.532. The molecule has 1 amide bonds. The lowest BCUT2D eigenvalue weighted by atomic mass is 10.3. The molecule has 1 aromatic rings. The van der Waals surface area contributed by atoms with Crippen molar-refractivity contribution in [2.75, 3.05) is 18.2 Å². The van der Waals surface area contributed by atoms with E-state index in [0.29, 0.717) is 16.3 Å². The van der Waals surface area contributed by atoms with E-state index in [0.717, 1.165) is 0 Å². The van der Waals surface area contributed by atoms with Gasteiger partial charge in [-0.05, 0) is 12.1 Å². The lowest BCUT2D eigenvalue weighted by Crippen LogP contribution is -2.26. The van der Waals surface area contributed by atoms with Crippen LogP contribution < -0.4 is 10.1 Å². The Labute approximate surface area is 83.7 Å². The second kappa shape index (κ2) is 3.42. The number of fused-ring (bicyclic) bond motifs is 1. The molecule has 1 aliphatic heterocycles. The van der Waals surface area contributed by atoms with Crippen LogP contribution >= 0.6 is 0 Å². The van der Waals surface area contributed by atoms with Gasteiger partial charge in [-0.1, -0.05) is 6.07 Å². The van der Waals surface area contributed by atoms with Crippen molar-refractivity contribution in [3.8, 4) is 5.75 Å². The number of carbonyl (C=O) groups is 1. The van der Waals surface area contributed by atoms with Gasteiger partial charge in [-0.3, -0.25) is 9.00 Å². The van der Waals surface area contributed by atoms with Crippen molar-refractivity contribution in [3.05, 3.63) is 18.2 Å². The highest BCUT2D eigenvalue weighted by atomic mass is 32.2. The van der Waals surface area contributed by atoms with Crippen LogP contribution in [0.25, 0.3) is 0 Å². The molecule has 1 atom stereocenters. The lowest BCUT2D eigenvalue weighted by Gasteiger charge is -2.18. The number of hydrogen-bond donors (Lipinski definition) is 1. The SMILES string of the molecule is COc1cccc2c1NC(=O)CS2=O. The summed E-state index contributed by atoms with van der Waals surface area (Å²) in [6.07, 6.45) is 0. The van der Waals surface area contributed by atoms with Gasteiger partial charge < -0.3 is 10.1 Å². The van der Waals surface area contributed by atoms with Crippen molar-refractivity contribution in [2.45, 2.75) is 4.90 Å². The monoisotopic (exact) mass is 211 g/mol. The zero-order valence-corrected chi connectivity index (χ0v) is 8.39. The molecule has 74 valence electrons. The van der Waals surface area contributed by atoms with Crippen molar-refractivity contribution in [1.29, 1.82) is 0 Å². The molecule has 0 aromatic heterocycles. The van der Waals surface area contributed by atoms with Crippen molar-refractivity contribution in [2.24, 2.45) is 0 Å². The second-order valence-corrected chi connectivity index (χ2v) is 4.29.